The van der Waals surface area contributed by atoms with Gasteiger partial charge in [-0.3, -0.25) is 4.79 Å². The molecule has 2 unspecified atom stereocenters. The normalized spacial score (nSPS) is 15.1. The SMILES string of the molecule is CCC(O)CNC(CC(C)C)C(=O)OC. The number of rotatable bonds is 7. The highest BCUT2D eigenvalue weighted by Gasteiger charge is 2.20. The summed E-state index contributed by atoms with van der Waals surface area (Å²) in [5.41, 5.74) is 0. The van der Waals surface area contributed by atoms with Gasteiger partial charge in [0.25, 0.3) is 0 Å². The predicted molar refractivity (Wildman–Crippen MR) is 59.6 cm³/mol. The number of aliphatic hydroxyl groups excluding tert-OH is 1. The molecule has 4 nitrogen and oxygen atoms in total. The van der Waals surface area contributed by atoms with Crippen molar-refractivity contribution >= 4 is 5.97 Å². The molecule has 2 N–H and O–H groups in total. The van der Waals surface area contributed by atoms with Crippen LogP contribution in [0.1, 0.15) is 33.6 Å². The van der Waals surface area contributed by atoms with Crippen LogP contribution in [0.4, 0.5) is 0 Å². The van der Waals surface area contributed by atoms with E-state index in [1.54, 1.807) is 0 Å². The first-order valence-corrected chi connectivity index (χ1v) is 5.50. The van der Waals surface area contributed by atoms with E-state index in [1.807, 2.05) is 20.8 Å². The predicted octanol–water partition coefficient (Wildman–Crippen LogP) is 0.935. The van der Waals surface area contributed by atoms with Crippen LogP contribution in [0.15, 0.2) is 0 Å². The minimum Gasteiger partial charge on any atom is -0.468 e. The van der Waals surface area contributed by atoms with Gasteiger partial charge in [0.2, 0.25) is 0 Å². The first-order chi connectivity index (χ1) is 7.01. The first-order valence-electron chi connectivity index (χ1n) is 5.50. The second-order valence-electron chi connectivity index (χ2n) is 4.18. The van der Waals surface area contributed by atoms with Crippen LogP contribution in [0.2, 0.25) is 0 Å². The zero-order valence-electron chi connectivity index (χ0n) is 10.1. The Balaban J connectivity index is 4.07. The highest BCUT2D eigenvalue weighted by molar-refractivity contribution is 5.75. The van der Waals surface area contributed by atoms with E-state index in [9.17, 15) is 9.90 Å². The third-order valence-electron chi connectivity index (χ3n) is 2.26. The standard InChI is InChI=1S/C11H23NO3/c1-5-9(13)7-12-10(6-8(2)3)11(14)15-4/h8-10,12-13H,5-7H2,1-4H3. The molecule has 0 aliphatic heterocycles. The molecule has 0 aromatic rings. The molecule has 0 fully saturated rings. The molecule has 0 radical (unpaired) electrons. The number of hydrogen-bond acceptors (Lipinski definition) is 4. The molecule has 0 amide bonds. The van der Waals surface area contributed by atoms with Crippen molar-refractivity contribution in [2.45, 2.75) is 45.8 Å². The van der Waals surface area contributed by atoms with Crippen molar-refractivity contribution < 1.29 is 14.6 Å². The Kier molecular flexibility index (Phi) is 7.34. The van der Waals surface area contributed by atoms with Gasteiger partial charge < -0.3 is 15.2 Å². The molecule has 0 aliphatic carbocycles. The average Bonchev–Trinajstić information content (AvgIpc) is 2.21. The van der Waals surface area contributed by atoms with Crippen LogP contribution in [0, 0.1) is 5.92 Å². The number of hydrogen-bond donors (Lipinski definition) is 2. The maximum atomic E-state index is 11.4. The van der Waals surface area contributed by atoms with Gasteiger partial charge in [-0.25, -0.2) is 0 Å². The van der Waals surface area contributed by atoms with Crippen LogP contribution in [0.5, 0.6) is 0 Å². The van der Waals surface area contributed by atoms with Crippen LogP contribution in [-0.4, -0.2) is 36.9 Å². The van der Waals surface area contributed by atoms with Crippen LogP contribution in [-0.2, 0) is 9.53 Å². The minimum absolute atomic E-state index is 0.257. The van der Waals surface area contributed by atoms with Gasteiger partial charge in [-0.05, 0) is 18.8 Å². The fraction of sp³-hybridized carbons (Fsp3) is 0.909. The van der Waals surface area contributed by atoms with Gasteiger partial charge >= 0.3 is 5.97 Å². The lowest BCUT2D eigenvalue weighted by Crippen LogP contribution is -2.42. The number of nitrogens with one attached hydrogen (secondary N) is 1. The summed E-state index contributed by atoms with van der Waals surface area (Å²) in [6, 6.07) is -0.309. The van der Waals surface area contributed by atoms with Crippen LogP contribution in [0.25, 0.3) is 0 Å². The topological polar surface area (TPSA) is 58.6 Å². The van der Waals surface area contributed by atoms with E-state index in [2.05, 4.69) is 5.32 Å². The van der Waals surface area contributed by atoms with E-state index in [1.165, 1.54) is 7.11 Å². The second kappa shape index (κ2) is 7.65. The molecule has 0 heterocycles. The lowest BCUT2D eigenvalue weighted by Gasteiger charge is -2.19. The van der Waals surface area contributed by atoms with Gasteiger partial charge in [0, 0.05) is 6.54 Å². The molecule has 15 heavy (non-hydrogen) atoms. The maximum Gasteiger partial charge on any atom is 0.322 e. The number of ether oxygens (including phenoxy) is 1. The van der Waals surface area contributed by atoms with Crippen molar-refractivity contribution in [3.8, 4) is 0 Å². The van der Waals surface area contributed by atoms with Gasteiger partial charge in [-0.2, -0.15) is 0 Å². The van der Waals surface area contributed by atoms with Crippen LogP contribution < -0.4 is 5.32 Å². The summed E-state index contributed by atoms with van der Waals surface area (Å²) in [5, 5.41) is 12.4. The molecule has 0 aromatic heterocycles. The summed E-state index contributed by atoms with van der Waals surface area (Å²) < 4.78 is 4.70. The van der Waals surface area contributed by atoms with Crippen molar-refractivity contribution in [1.82, 2.24) is 5.32 Å². The van der Waals surface area contributed by atoms with E-state index in [0.717, 1.165) is 6.42 Å². The zero-order valence-corrected chi connectivity index (χ0v) is 10.1. The van der Waals surface area contributed by atoms with Gasteiger partial charge in [0.05, 0.1) is 13.2 Å². The Morgan fingerprint density at radius 3 is 2.47 bits per heavy atom. The smallest absolute Gasteiger partial charge is 0.322 e. The summed E-state index contributed by atoms with van der Waals surface area (Å²) >= 11 is 0. The summed E-state index contributed by atoms with van der Waals surface area (Å²) in [6.07, 6.45) is 1.01. The second-order valence-corrected chi connectivity index (χ2v) is 4.18. The summed E-state index contributed by atoms with van der Waals surface area (Å²) in [4.78, 5) is 11.4. The zero-order chi connectivity index (χ0) is 11.8. The Hall–Kier alpha value is -0.610. The Labute approximate surface area is 92.0 Å². The largest absolute Gasteiger partial charge is 0.468 e. The molecular weight excluding hydrogens is 194 g/mol. The van der Waals surface area contributed by atoms with Crippen molar-refractivity contribution in [2.24, 2.45) is 5.92 Å². The number of carbonyl (C=O) groups excluding carboxylic acids is 1. The van der Waals surface area contributed by atoms with Crippen molar-refractivity contribution in [3.05, 3.63) is 0 Å². The molecular formula is C11H23NO3. The van der Waals surface area contributed by atoms with Crippen LogP contribution >= 0.6 is 0 Å². The number of carbonyl (C=O) groups is 1. The van der Waals surface area contributed by atoms with Gasteiger partial charge in [-0.1, -0.05) is 20.8 Å². The van der Waals surface area contributed by atoms with Crippen LogP contribution in [0.3, 0.4) is 0 Å². The van der Waals surface area contributed by atoms with Gasteiger partial charge in [0.15, 0.2) is 0 Å². The molecule has 0 saturated carbocycles. The molecule has 0 aliphatic rings. The minimum atomic E-state index is -0.399. The Bertz CT molecular complexity index is 183. The monoisotopic (exact) mass is 217 g/mol. The first kappa shape index (κ1) is 14.4. The Morgan fingerprint density at radius 1 is 1.47 bits per heavy atom. The fourth-order valence-corrected chi connectivity index (χ4v) is 1.30. The fourth-order valence-electron chi connectivity index (χ4n) is 1.30. The van der Waals surface area contributed by atoms with E-state index in [4.69, 9.17) is 4.74 Å². The van der Waals surface area contributed by atoms with Crippen molar-refractivity contribution in [1.29, 1.82) is 0 Å². The third kappa shape index (κ3) is 6.47. The molecule has 0 rings (SSSR count). The quantitative estimate of drug-likeness (QED) is 0.623. The molecule has 0 bridgehead atoms. The molecule has 4 heteroatoms. The maximum absolute atomic E-state index is 11.4. The lowest BCUT2D eigenvalue weighted by molar-refractivity contribution is -0.143. The molecule has 0 spiro atoms. The Morgan fingerprint density at radius 2 is 2.07 bits per heavy atom. The molecule has 0 saturated heterocycles. The van der Waals surface area contributed by atoms with Crippen molar-refractivity contribution in [3.63, 3.8) is 0 Å². The molecule has 0 aromatic carbocycles. The van der Waals surface area contributed by atoms with E-state index in [0.29, 0.717) is 18.9 Å². The summed E-state index contributed by atoms with van der Waals surface area (Å²) in [7, 11) is 1.38. The van der Waals surface area contributed by atoms with E-state index in [-0.39, 0.29) is 12.0 Å². The highest BCUT2D eigenvalue weighted by atomic mass is 16.5. The third-order valence-corrected chi connectivity index (χ3v) is 2.26. The summed E-state index contributed by atoms with van der Waals surface area (Å²) in [6.45, 7) is 6.44. The van der Waals surface area contributed by atoms with E-state index >= 15 is 0 Å². The van der Waals surface area contributed by atoms with E-state index < -0.39 is 6.10 Å². The number of aliphatic hydroxyl groups is 1. The highest BCUT2D eigenvalue weighted by Crippen LogP contribution is 2.06. The van der Waals surface area contributed by atoms with Crippen molar-refractivity contribution in [2.75, 3.05) is 13.7 Å². The number of esters is 1. The number of methoxy groups -OCH3 is 1. The van der Waals surface area contributed by atoms with Gasteiger partial charge in [-0.15, -0.1) is 0 Å². The molecule has 90 valence electrons. The average molecular weight is 217 g/mol. The lowest BCUT2D eigenvalue weighted by atomic mass is 10.0. The summed E-state index contributed by atoms with van der Waals surface area (Å²) in [5.74, 6) is 0.160. The van der Waals surface area contributed by atoms with Gasteiger partial charge in [0.1, 0.15) is 6.04 Å². The molecule has 2 atom stereocenters.